The van der Waals surface area contributed by atoms with E-state index in [-0.39, 0.29) is 12.1 Å². The first-order valence-electron chi connectivity index (χ1n) is 5.59. The van der Waals surface area contributed by atoms with E-state index in [0.717, 1.165) is 12.1 Å². The summed E-state index contributed by atoms with van der Waals surface area (Å²) < 4.78 is 37.9. The number of carbonyl (C=O) groups is 1. The van der Waals surface area contributed by atoms with E-state index in [1.165, 1.54) is 12.1 Å². The molecule has 0 heterocycles. The SMILES string of the molecule is C#CCNC(=O)C(C)(C)c1cccc(C(F)(F)F)c1. The van der Waals surface area contributed by atoms with E-state index >= 15 is 0 Å². The monoisotopic (exact) mass is 269 g/mol. The lowest BCUT2D eigenvalue weighted by atomic mass is 9.83. The van der Waals surface area contributed by atoms with E-state index in [4.69, 9.17) is 6.42 Å². The molecule has 1 aromatic rings. The second kappa shape index (κ2) is 5.35. The van der Waals surface area contributed by atoms with Crippen LogP contribution < -0.4 is 5.32 Å². The van der Waals surface area contributed by atoms with Gasteiger partial charge in [0.1, 0.15) is 0 Å². The predicted molar refractivity (Wildman–Crippen MR) is 66.3 cm³/mol. The average Bonchev–Trinajstić information content (AvgIpc) is 2.35. The van der Waals surface area contributed by atoms with Crippen molar-refractivity contribution in [1.82, 2.24) is 5.32 Å². The minimum absolute atomic E-state index is 0.0429. The highest BCUT2D eigenvalue weighted by molar-refractivity contribution is 5.87. The standard InChI is InChI=1S/C14H14F3NO/c1-4-8-18-12(19)13(2,3)10-6-5-7-11(9-10)14(15,16)17/h1,5-7,9H,8H2,2-3H3,(H,18,19). The first kappa shape index (κ1) is 15.1. The molecule has 0 radical (unpaired) electrons. The number of carbonyl (C=O) groups excluding carboxylic acids is 1. The van der Waals surface area contributed by atoms with E-state index in [2.05, 4.69) is 11.2 Å². The van der Waals surface area contributed by atoms with Gasteiger partial charge in [-0.3, -0.25) is 4.79 Å². The summed E-state index contributed by atoms with van der Waals surface area (Å²) in [6, 6.07) is 4.73. The fourth-order valence-electron chi connectivity index (χ4n) is 1.57. The average molecular weight is 269 g/mol. The van der Waals surface area contributed by atoms with Gasteiger partial charge in [0.2, 0.25) is 5.91 Å². The van der Waals surface area contributed by atoms with Crippen LogP contribution in [0.1, 0.15) is 25.0 Å². The van der Waals surface area contributed by atoms with Crippen LogP contribution in [0, 0.1) is 12.3 Å². The largest absolute Gasteiger partial charge is 0.416 e. The lowest BCUT2D eigenvalue weighted by molar-refractivity contribution is -0.137. The number of hydrogen-bond acceptors (Lipinski definition) is 1. The van der Waals surface area contributed by atoms with Crippen LogP contribution in [0.25, 0.3) is 0 Å². The molecular weight excluding hydrogens is 255 g/mol. The van der Waals surface area contributed by atoms with Crippen molar-refractivity contribution in [1.29, 1.82) is 0 Å². The number of alkyl halides is 3. The van der Waals surface area contributed by atoms with E-state index < -0.39 is 23.1 Å². The number of rotatable bonds is 3. The van der Waals surface area contributed by atoms with E-state index in [0.29, 0.717) is 0 Å². The summed E-state index contributed by atoms with van der Waals surface area (Å²) in [4.78, 5) is 11.9. The van der Waals surface area contributed by atoms with Crippen LogP contribution in [-0.4, -0.2) is 12.5 Å². The Hall–Kier alpha value is -1.96. The molecule has 19 heavy (non-hydrogen) atoms. The molecule has 0 bridgehead atoms. The van der Waals surface area contributed by atoms with E-state index in [1.807, 2.05) is 0 Å². The van der Waals surface area contributed by atoms with Crippen molar-refractivity contribution in [2.45, 2.75) is 25.4 Å². The maximum absolute atomic E-state index is 12.6. The van der Waals surface area contributed by atoms with Crippen LogP contribution >= 0.6 is 0 Å². The number of benzene rings is 1. The predicted octanol–water partition coefficient (Wildman–Crippen LogP) is 2.73. The molecule has 0 spiro atoms. The Labute approximate surface area is 110 Å². The lowest BCUT2D eigenvalue weighted by Gasteiger charge is -2.24. The summed E-state index contributed by atoms with van der Waals surface area (Å²) in [5, 5.41) is 2.47. The molecule has 0 fully saturated rings. The molecule has 1 N–H and O–H groups in total. The fourth-order valence-corrected chi connectivity index (χ4v) is 1.57. The molecule has 0 saturated heterocycles. The van der Waals surface area contributed by atoms with Crippen LogP contribution in [-0.2, 0) is 16.4 Å². The zero-order chi connectivity index (χ0) is 14.7. The van der Waals surface area contributed by atoms with Crippen LogP contribution in [0.4, 0.5) is 13.2 Å². The highest BCUT2D eigenvalue weighted by Crippen LogP contribution is 2.32. The second-order valence-electron chi connectivity index (χ2n) is 4.59. The summed E-state index contributed by atoms with van der Waals surface area (Å²) in [7, 11) is 0. The minimum Gasteiger partial charge on any atom is -0.344 e. The molecule has 0 unspecified atom stereocenters. The Kier molecular flexibility index (Phi) is 4.25. The lowest BCUT2D eigenvalue weighted by Crippen LogP contribution is -2.40. The Bertz CT molecular complexity index is 512. The normalized spacial score (nSPS) is 11.8. The third-order valence-corrected chi connectivity index (χ3v) is 2.83. The van der Waals surface area contributed by atoms with Crippen LogP contribution in [0.15, 0.2) is 24.3 Å². The molecule has 0 aliphatic rings. The summed E-state index contributed by atoms with van der Waals surface area (Å²) in [5.74, 6) is 1.83. The maximum atomic E-state index is 12.6. The molecular formula is C14H14F3NO. The van der Waals surface area contributed by atoms with Crippen molar-refractivity contribution in [3.05, 3.63) is 35.4 Å². The van der Waals surface area contributed by atoms with Gasteiger partial charge in [-0.25, -0.2) is 0 Å². The molecule has 0 saturated carbocycles. The number of halogens is 3. The zero-order valence-corrected chi connectivity index (χ0v) is 10.6. The maximum Gasteiger partial charge on any atom is 0.416 e. The summed E-state index contributed by atoms with van der Waals surface area (Å²) >= 11 is 0. The van der Waals surface area contributed by atoms with Crippen LogP contribution in [0.5, 0.6) is 0 Å². The quantitative estimate of drug-likeness (QED) is 0.840. The molecule has 0 aromatic heterocycles. The van der Waals surface area contributed by atoms with Crippen LogP contribution in [0.2, 0.25) is 0 Å². The summed E-state index contributed by atoms with van der Waals surface area (Å²) in [6.45, 7) is 3.14. The topological polar surface area (TPSA) is 29.1 Å². The molecule has 1 amide bonds. The van der Waals surface area contributed by atoms with Crippen molar-refractivity contribution in [2.75, 3.05) is 6.54 Å². The fraction of sp³-hybridized carbons (Fsp3) is 0.357. The third-order valence-electron chi connectivity index (χ3n) is 2.83. The first-order valence-corrected chi connectivity index (χ1v) is 5.59. The van der Waals surface area contributed by atoms with Crippen molar-refractivity contribution in [3.8, 4) is 12.3 Å². The highest BCUT2D eigenvalue weighted by Gasteiger charge is 2.34. The zero-order valence-electron chi connectivity index (χ0n) is 10.6. The first-order chi connectivity index (χ1) is 8.69. The second-order valence-corrected chi connectivity index (χ2v) is 4.59. The number of terminal acetylenes is 1. The third kappa shape index (κ3) is 3.50. The highest BCUT2D eigenvalue weighted by atomic mass is 19.4. The van der Waals surface area contributed by atoms with Gasteiger partial charge < -0.3 is 5.32 Å². The molecule has 2 nitrogen and oxygen atoms in total. The molecule has 1 rings (SSSR count). The minimum atomic E-state index is -4.43. The van der Waals surface area contributed by atoms with Gasteiger partial charge in [-0.1, -0.05) is 24.1 Å². The van der Waals surface area contributed by atoms with Gasteiger partial charge in [0.15, 0.2) is 0 Å². The van der Waals surface area contributed by atoms with Gasteiger partial charge in [0, 0.05) is 0 Å². The number of nitrogens with one attached hydrogen (secondary N) is 1. The van der Waals surface area contributed by atoms with Gasteiger partial charge >= 0.3 is 6.18 Å². The van der Waals surface area contributed by atoms with Crippen molar-refractivity contribution < 1.29 is 18.0 Å². The Morgan fingerprint density at radius 1 is 1.32 bits per heavy atom. The summed E-state index contributed by atoms with van der Waals surface area (Å²) in [5.41, 5.74) is -1.57. The Balaban J connectivity index is 3.08. The van der Waals surface area contributed by atoms with Crippen molar-refractivity contribution in [2.24, 2.45) is 0 Å². The molecule has 0 aliphatic heterocycles. The smallest absolute Gasteiger partial charge is 0.344 e. The van der Waals surface area contributed by atoms with Gasteiger partial charge in [-0.2, -0.15) is 13.2 Å². The van der Waals surface area contributed by atoms with E-state index in [1.54, 1.807) is 13.8 Å². The van der Waals surface area contributed by atoms with Crippen molar-refractivity contribution in [3.63, 3.8) is 0 Å². The molecule has 102 valence electrons. The van der Waals surface area contributed by atoms with Gasteiger partial charge in [-0.05, 0) is 25.5 Å². The van der Waals surface area contributed by atoms with Gasteiger partial charge in [0.05, 0.1) is 17.5 Å². The number of hydrogen-bond donors (Lipinski definition) is 1. The Morgan fingerprint density at radius 3 is 2.42 bits per heavy atom. The number of amides is 1. The summed E-state index contributed by atoms with van der Waals surface area (Å²) in [6.07, 6.45) is 0.597. The van der Waals surface area contributed by atoms with Gasteiger partial charge in [0.25, 0.3) is 0 Å². The van der Waals surface area contributed by atoms with E-state index in [9.17, 15) is 18.0 Å². The molecule has 0 aliphatic carbocycles. The molecule has 5 heteroatoms. The Morgan fingerprint density at radius 2 is 1.89 bits per heavy atom. The molecule has 0 atom stereocenters. The van der Waals surface area contributed by atoms with Crippen LogP contribution in [0.3, 0.4) is 0 Å². The molecule has 1 aromatic carbocycles. The van der Waals surface area contributed by atoms with Gasteiger partial charge in [-0.15, -0.1) is 6.42 Å². The van der Waals surface area contributed by atoms with Crippen molar-refractivity contribution >= 4 is 5.91 Å².